The predicted molar refractivity (Wildman–Crippen MR) is 74.3 cm³/mol. The molecule has 110 valence electrons. The van der Waals surface area contributed by atoms with Crippen LogP contribution >= 0.6 is 0 Å². The third kappa shape index (κ3) is 2.79. The monoisotopic (exact) mass is 291 g/mol. The third-order valence-corrected chi connectivity index (χ3v) is 3.46. The number of nitrogens with zero attached hydrogens (tertiary/aromatic N) is 3. The molecule has 0 unspecified atom stereocenters. The smallest absolute Gasteiger partial charge is 0.234 e. The molecule has 0 N–H and O–H groups in total. The predicted octanol–water partition coefficient (Wildman–Crippen LogP) is 2.72. The largest absolute Gasteiger partial charge is 0.477 e. The Morgan fingerprint density at radius 2 is 2.14 bits per heavy atom. The van der Waals surface area contributed by atoms with Crippen molar-refractivity contribution in [1.82, 2.24) is 9.97 Å². The second kappa shape index (κ2) is 5.63. The summed E-state index contributed by atoms with van der Waals surface area (Å²) >= 11 is 0. The van der Waals surface area contributed by atoms with Crippen molar-refractivity contribution in [3.8, 4) is 5.88 Å². The Balaban J connectivity index is 1.87. The van der Waals surface area contributed by atoms with E-state index in [9.17, 15) is 8.78 Å². The Bertz CT molecular complexity index is 663. The highest BCUT2D eigenvalue weighted by Crippen LogP contribution is 2.26. The van der Waals surface area contributed by atoms with Gasteiger partial charge in [-0.15, -0.1) is 0 Å². The van der Waals surface area contributed by atoms with Gasteiger partial charge in [0, 0.05) is 19.2 Å². The van der Waals surface area contributed by atoms with Crippen molar-refractivity contribution in [1.29, 1.82) is 0 Å². The summed E-state index contributed by atoms with van der Waals surface area (Å²) < 4.78 is 32.4. The van der Waals surface area contributed by atoms with Gasteiger partial charge in [0.05, 0.1) is 19.0 Å². The molecule has 1 aromatic carbocycles. The zero-order valence-corrected chi connectivity index (χ0v) is 11.6. The Labute approximate surface area is 121 Å². The van der Waals surface area contributed by atoms with Gasteiger partial charge in [-0.3, -0.25) is 4.98 Å². The fraction of sp³-hybridized carbons (Fsp3) is 0.333. The molecule has 2 aromatic rings. The number of aromatic nitrogens is 2. The van der Waals surface area contributed by atoms with Crippen molar-refractivity contribution in [2.24, 2.45) is 0 Å². The highest BCUT2D eigenvalue weighted by molar-refractivity contribution is 5.44. The lowest BCUT2D eigenvalue weighted by atomic mass is 9.99. The van der Waals surface area contributed by atoms with Crippen LogP contribution in [-0.2, 0) is 13.0 Å². The first-order valence-electron chi connectivity index (χ1n) is 6.84. The molecule has 0 atom stereocenters. The number of hydrogen-bond donors (Lipinski definition) is 0. The first-order chi connectivity index (χ1) is 10.2. The number of hydrogen-bond acceptors (Lipinski definition) is 4. The molecule has 6 heteroatoms. The molecule has 0 spiro atoms. The van der Waals surface area contributed by atoms with Crippen LogP contribution in [-0.4, -0.2) is 23.1 Å². The molecule has 0 aliphatic carbocycles. The van der Waals surface area contributed by atoms with Gasteiger partial charge < -0.3 is 9.64 Å². The van der Waals surface area contributed by atoms with E-state index >= 15 is 0 Å². The van der Waals surface area contributed by atoms with Gasteiger partial charge >= 0.3 is 0 Å². The van der Waals surface area contributed by atoms with E-state index in [1.165, 1.54) is 6.07 Å². The number of halogens is 2. The van der Waals surface area contributed by atoms with Gasteiger partial charge in [-0.05, 0) is 30.5 Å². The van der Waals surface area contributed by atoms with Crippen LogP contribution in [0.2, 0.25) is 0 Å². The van der Waals surface area contributed by atoms with Crippen molar-refractivity contribution in [3.63, 3.8) is 0 Å². The van der Waals surface area contributed by atoms with Gasteiger partial charge in [0.1, 0.15) is 11.6 Å². The molecule has 0 saturated carbocycles. The fourth-order valence-corrected chi connectivity index (χ4v) is 2.51. The highest BCUT2D eigenvalue weighted by Gasteiger charge is 2.21. The molecule has 0 saturated heterocycles. The maximum Gasteiger partial charge on any atom is 0.234 e. The van der Waals surface area contributed by atoms with Crippen LogP contribution in [0.15, 0.2) is 24.5 Å². The molecule has 0 amide bonds. The third-order valence-electron chi connectivity index (χ3n) is 3.46. The maximum absolute atomic E-state index is 13.7. The minimum Gasteiger partial charge on any atom is -0.477 e. The van der Waals surface area contributed by atoms with Gasteiger partial charge in [-0.1, -0.05) is 0 Å². The summed E-state index contributed by atoms with van der Waals surface area (Å²) in [5, 5.41) is 0. The summed E-state index contributed by atoms with van der Waals surface area (Å²) in [4.78, 5) is 10.4. The topological polar surface area (TPSA) is 38.2 Å². The van der Waals surface area contributed by atoms with Gasteiger partial charge in [0.2, 0.25) is 5.88 Å². The molecule has 2 heterocycles. The Kier molecular flexibility index (Phi) is 3.68. The summed E-state index contributed by atoms with van der Waals surface area (Å²) in [5.74, 6) is 0.0727. The summed E-state index contributed by atoms with van der Waals surface area (Å²) in [6.45, 7) is 3.41. The van der Waals surface area contributed by atoms with E-state index in [0.717, 1.165) is 6.07 Å². The normalized spacial score (nSPS) is 14.0. The van der Waals surface area contributed by atoms with E-state index in [0.29, 0.717) is 48.9 Å². The first kappa shape index (κ1) is 13.7. The second-order valence-electron chi connectivity index (χ2n) is 4.85. The van der Waals surface area contributed by atoms with Crippen molar-refractivity contribution in [2.75, 3.05) is 18.1 Å². The quantitative estimate of drug-likeness (QED) is 0.871. The minimum absolute atomic E-state index is 0.411. The zero-order valence-electron chi connectivity index (χ0n) is 11.6. The molecule has 3 rings (SSSR count). The lowest BCUT2D eigenvalue weighted by Crippen LogP contribution is -2.32. The zero-order chi connectivity index (χ0) is 14.8. The SMILES string of the molecule is CCOc1cncc(N2CCc3c(F)cc(F)cc3C2)n1. The van der Waals surface area contributed by atoms with Crippen molar-refractivity contribution in [2.45, 2.75) is 19.9 Å². The van der Waals surface area contributed by atoms with Gasteiger partial charge in [0.15, 0.2) is 5.82 Å². The molecule has 1 aliphatic heterocycles. The van der Waals surface area contributed by atoms with Crippen LogP contribution < -0.4 is 9.64 Å². The fourth-order valence-electron chi connectivity index (χ4n) is 2.51. The standard InChI is InChI=1S/C15H15F2N3O/c1-2-21-15-8-18-7-14(19-15)20-4-3-12-10(9-20)5-11(16)6-13(12)17/h5-8H,2-4,9H2,1H3. The average Bonchev–Trinajstić information content (AvgIpc) is 2.47. The average molecular weight is 291 g/mol. The van der Waals surface area contributed by atoms with E-state index in [4.69, 9.17) is 4.74 Å². The van der Waals surface area contributed by atoms with Crippen LogP contribution in [0.25, 0.3) is 0 Å². The second-order valence-corrected chi connectivity index (χ2v) is 4.85. The summed E-state index contributed by atoms with van der Waals surface area (Å²) in [6.07, 6.45) is 3.69. The van der Waals surface area contributed by atoms with Crippen LogP contribution in [0.4, 0.5) is 14.6 Å². The van der Waals surface area contributed by atoms with E-state index in [1.54, 1.807) is 12.4 Å². The summed E-state index contributed by atoms with van der Waals surface area (Å²) in [7, 11) is 0. The number of benzene rings is 1. The van der Waals surface area contributed by atoms with Gasteiger partial charge in [0.25, 0.3) is 0 Å². The lowest BCUT2D eigenvalue weighted by molar-refractivity contribution is 0.325. The molecule has 0 radical (unpaired) electrons. The van der Waals surface area contributed by atoms with Gasteiger partial charge in [-0.25, -0.2) is 8.78 Å². The minimum atomic E-state index is -0.553. The number of fused-ring (bicyclic) bond motifs is 1. The summed E-state index contributed by atoms with van der Waals surface area (Å²) in [5.41, 5.74) is 1.24. The van der Waals surface area contributed by atoms with E-state index < -0.39 is 11.6 Å². The number of ether oxygens (including phenoxy) is 1. The summed E-state index contributed by atoms with van der Waals surface area (Å²) in [6, 6.07) is 2.31. The molecule has 0 fully saturated rings. The highest BCUT2D eigenvalue weighted by atomic mass is 19.1. The molecular formula is C15H15F2N3O. The van der Waals surface area contributed by atoms with Crippen LogP contribution in [0.5, 0.6) is 5.88 Å². The number of rotatable bonds is 3. The van der Waals surface area contributed by atoms with E-state index in [-0.39, 0.29) is 0 Å². The lowest BCUT2D eigenvalue weighted by Gasteiger charge is -2.29. The number of anilines is 1. The van der Waals surface area contributed by atoms with E-state index in [1.807, 2.05) is 11.8 Å². The molecule has 21 heavy (non-hydrogen) atoms. The maximum atomic E-state index is 13.7. The molecule has 0 bridgehead atoms. The molecule has 1 aliphatic rings. The first-order valence-corrected chi connectivity index (χ1v) is 6.84. The molecule has 4 nitrogen and oxygen atoms in total. The Morgan fingerprint density at radius 3 is 2.95 bits per heavy atom. The van der Waals surface area contributed by atoms with Crippen LogP contribution in [0, 0.1) is 11.6 Å². The Hall–Kier alpha value is -2.24. The van der Waals surface area contributed by atoms with Crippen molar-refractivity contribution in [3.05, 3.63) is 47.3 Å². The van der Waals surface area contributed by atoms with Crippen LogP contribution in [0.3, 0.4) is 0 Å². The van der Waals surface area contributed by atoms with Gasteiger partial charge in [-0.2, -0.15) is 4.98 Å². The van der Waals surface area contributed by atoms with Crippen LogP contribution in [0.1, 0.15) is 18.1 Å². The van der Waals surface area contributed by atoms with Crippen molar-refractivity contribution < 1.29 is 13.5 Å². The molecular weight excluding hydrogens is 276 g/mol. The van der Waals surface area contributed by atoms with Crippen molar-refractivity contribution >= 4 is 5.82 Å². The molecule has 1 aromatic heterocycles. The Morgan fingerprint density at radius 1 is 1.29 bits per heavy atom. The van der Waals surface area contributed by atoms with E-state index in [2.05, 4.69) is 9.97 Å².